The van der Waals surface area contributed by atoms with Gasteiger partial charge in [-0.25, -0.2) is 4.98 Å². The van der Waals surface area contributed by atoms with Crippen LogP contribution in [0.3, 0.4) is 0 Å². The standard InChI is InChI=1S/C16H19BrN2/c1-10-8-11(2)15(12(3)9-10)13(4)19-14-6-5-7-18-16(14)17/h5-9,13,19H,1-4H3. The Morgan fingerprint density at radius 2 is 1.79 bits per heavy atom. The summed E-state index contributed by atoms with van der Waals surface area (Å²) in [5.41, 5.74) is 6.36. The Kier molecular flexibility index (Phi) is 4.25. The van der Waals surface area contributed by atoms with E-state index in [2.05, 4.69) is 66.1 Å². The highest BCUT2D eigenvalue weighted by molar-refractivity contribution is 9.10. The van der Waals surface area contributed by atoms with Crippen LogP contribution in [0.2, 0.25) is 0 Å². The molecule has 1 atom stereocenters. The highest BCUT2D eigenvalue weighted by atomic mass is 79.9. The quantitative estimate of drug-likeness (QED) is 0.810. The van der Waals surface area contributed by atoms with Crippen molar-refractivity contribution in [3.8, 4) is 0 Å². The number of hydrogen-bond donors (Lipinski definition) is 1. The second kappa shape index (κ2) is 5.74. The van der Waals surface area contributed by atoms with Gasteiger partial charge in [-0.3, -0.25) is 0 Å². The monoisotopic (exact) mass is 318 g/mol. The molecule has 2 rings (SSSR count). The second-order valence-corrected chi connectivity index (χ2v) is 5.77. The summed E-state index contributed by atoms with van der Waals surface area (Å²) in [5, 5.41) is 3.52. The third kappa shape index (κ3) is 3.16. The average Bonchev–Trinajstić information content (AvgIpc) is 2.30. The number of nitrogens with one attached hydrogen (secondary N) is 1. The number of halogens is 1. The third-order valence-electron chi connectivity index (χ3n) is 3.30. The zero-order chi connectivity index (χ0) is 14.0. The van der Waals surface area contributed by atoms with Crippen LogP contribution < -0.4 is 5.32 Å². The lowest BCUT2D eigenvalue weighted by Gasteiger charge is -2.21. The van der Waals surface area contributed by atoms with Crippen molar-refractivity contribution in [1.29, 1.82) is 0 Å². The molecule has 0 spiro atoms. The highest BCUT2D eigenvalue weighted by Crippen LogP contribution is 2.28. The molecule has 1 aromatic carbocycles. The number of aromatic nitrogens is 1. The summed E-state index contributed by atoms with van der Waals surface area (Å²) in [4.78, 5) is 4.24. The molecule has 2 aromatic rings. The Morgan fingerprint density at radius 3 is 2.37 bits per heavy atom. The summed E-state index contributed by atoms with van der Waals surface area (Å²) >= 11 is 3.47. The van der Waals surface area contributed by atoms with Gasteiger partial charge >= 0.3 is 0 Å². The Labute approximate surface area is 123 Å². The van der Waals surface area contributed by atoms with Crippen molar-refractivity contribution in [2.24, 2.45) is 0 Å². The lowest BCUT2D eigenvalue weighted by molar-refractivity contribution is 0.859. The molecule has 1 unspecified atom stereocenters. The first-order valence-electron chi connectivity index (χ1n) is 6.44. The number of pyridine rings is 1. The molecule has 3 heteroatoms. The van der Waals surface area contributed by atoms with Crippen LogP contribution in [0.1, 0.15) is 35.2 Å². The van der Waals surface area contributed by atoms with Crippen molar-refractivity contribution in [2.45, 2.75) is 33.7 Å². The number of anilines is 1. The van der Waals surface area contributed by atoms with Crippen LogP contribution in [-0.2, 0) is 0 Å². The fraction of sp³-hybridized carbons (Fsp3) is 0.312. The van der Waals surface area contributed by atoms with Gasteiger partial charge in [0.25, 0.3) is 0 Å². The Hall–Kier alpha value is -1.35. The lowest BCUT2D eigenvalue weighted by Crippen LogP contribution is -2.11. The van der Waals surface area contributed by atoms with Crippen LogP contribution in [0.4, 0.5) is 5.69 Å². The van der Waals surface area contributed by atoms with Crippen molar-refractivity contribution in [3.63, 3.8) is 0 Å². The fourth-order valence-corrected chi connectivity index (χ4v) is 3.04. The number of nitrogens with zero attached hydrogens (tertiary/aromatic N) is 1. The normalized spacial score (nSPS) is 12.3. The van der Waals surface area contributed by atoms with E-state index in [4.69, 9.17) is 0 Å². The number of benzene rings is 1. The predicted molar refractivity (Wildman–Crippen MR) is 84.6 cm³/mol. The van der Waals surface area contributed by atoms with Gasteiger partial charge in [-0.2, -0.15) is 0 Å². The van der Waals surface area contributed by atoms with Gasteiger partial charge in [0.05, 0.1) is 5.69 Å². The minimum atomic E-state index is 0.251. The molecule has 19 heavy (non-hydrogen) atoms. The second-order valence-electron chi connectivity index (χ2n) is 5.02. The van der Waals surface area contributed by atoms with E-state index >= 15 is 0 Å². The molecule has 0 amide bonds. The highest BCUT2D eigenvalue weighted by Gasteiger charge is 2.13. The summed E-state index contributed by atoms with van der Waals surface area (Å²) in [6.07, 6.45) is 1.78. The van der Waals surface area contributed by atoms with Crippen LogP contribution in [-0.4, -0.2) is 4.98 Å². The van der Waals surface area contributed by atoms with Crippen molar-refractivity contribution < 1.29 is 0 Å². The van der Waals surface area contributed by atoms with E-state index in [-0.39, 0.29) is 6.04 Å². The molecule has 1 aromatic heterocycles. The molecule has 0 aliphatic heterocycles. The molecule has 100 valence electrons. The summed E-state index contributed by atoms with van der Waals surface area (Å²) < 4.78 is 0.851. The van der Waals surface area contributed by atoms with E-state index in [0.29, 0.717) is 0 Å². The van der Waals surface area contributed by atoms with Gasteiger partial charge < -0.3 is 5.32 Å². The molecule has 0 fully saturated rings. The first-order valence-corrected chi connectivity index (χ1v) is 7.23. The number of hydrogen-bond acceptors (Lipinski definition) is 2. The van der Waals surface area contributed by atoms with E-state index < -0.39 is 0 Å². The topological polar surface area (TPSA) is 24.9 Å². The van der Waals surface area contributed by atoms with Gasteiger partial charge in [-0.05, 0) is 72.4 Å². The molecule has 0 aliphatic carbocycles. The maximum atomic E-state index is 4.24. The largest absolute Gasteiger partial charge is 0.376 e. The molecule has 0 aliphatic rings. The molecule has 1 heterocycles. The smallest absolute Gasteiger partial charge is 0.129 e. The van der Waals surface area contributed by atoms with Gasteiger partial charge in [0.1, 0.15) is 4.60 Å². The fourth-order valence-electron chi connectivity index (χ4n) is 2.67. The van der Waals surface area contributed by atoms with Crippen LogP contribution in [0, 0.1) is 20.8 Å². The molecule has 2 nitrogen and oxygen atoms in total. The summed E-state index contributed by atoms with van der Waals surface area (Å²) in [7, 11) is 0. The van der Waals surface area contributed by atoms with Crippen LogP contribution in [0.15, 0.2) is 35.1 Å². The molecular formula is C16H19BrN2. The van der Waals surface area contributed by atoms with Gasteiger partial charge in [0.2, 0.25) is 0 Å². The maximum absolute atomic E-state index is 4.24. The summed E-state index contributed by atoms with van der Waals surface area (Å²) in [5.74, 6) is 0. The molecule has 0 radical (unpaired) electrons. The zero-order valence-corrected chi connectivity index (χ0v) is 13.4. The molecular weight excluding hydrogens is 300 g/mol. The summed E-state index contributed by atoms with van der Waals surface area (Å²) in [6.45, 7) is 8.67. The molecule has 1 N–H and O–H groups in total. The summed E-state index contributed by atoms with van der Waals surface area (Å²) in [6, 6.07) is 8.69. The van der Waals surface area contributed by atoms with E-state index in [1.807, 2.05) is 12.1 Å². The number of rotatable bonds is 3. The van der Waals surface area contributed by atoms with Gasteiger partial charge in [-0.15, -0.1) is 0 Å². The van der Waals surface area contributed by atoms with Crippen LogP contribution in [0.5, 0.6) is 0 Å². The van der Waals surface area contributed by atoms with Crippen LogP contribution in [0.25, 0.3) is 0 Å². The SMILES string of the molecule is Cc1cc(C)c(C(C)Nc2cccnc2Br)c(C)c1. The van der Waals surface area contributed by atoms with E-state index in [9.17, 15) is 0 Å². The molecule has 0 saturated carbocycles. The van der Waals surface area contributed by atoms with E-state index in [1.165, 1.54) is 22.3 Å². The van der Waals surface area contributed by atoms with Crippen molar-refractivity contribution in [2.75, 3.05) is 5.32 Å². The van der Waals surface area contributed by atoms with Crippen molar-refractivity contribution in [3.05, 3.63) is 57.3 Å². The van der Waals surface area contributed by atoms with Crippen molar-refractivity contribution in [1.82, 2.24) is 4.98 Å². The first kappa shape index (κ1) is 14.1. The van der Waals surface area contributed by atoms with E-state index in [0.717, 1.165) is 10.3 Å². The number of aryl methyl sites for hydroxylation is 3. The molecule has 0 saturated heterocycles. The van der Waals surface area contributed by atoms with Crippen LogP contribution >= 0.6 is 15.9 Å². The van der Waals surface area contributed by atoms with Gasteiger partial charge in [0, 0.05) is 12.2 Å². The Balaban J connectivity index is 2.31. The Bertz CT molecular complexity index is 570. The Morgan fingerprint density at radius 1 is 1.16 bits per heavy atom. The van der Waals surface area contributed by atoms with E-state index in [1.54, 1.807) is 6.20 Å². The van der Waals surface area contributed by atoms with Crippen molar-refractivity contribution >= 4 is 21.6 Å². The van der Waals surface area contributed by atoms with Gasteiger partial charge in [0.15, 0.2) is 0 Å². The minimum Gasteiger partial charge on any atom is -0.376 e. The lowest BCUT2D eigenvalue weighted by atomic mass is 9.95. The van der Waals surface area contributed by atoms with Gasteiger partial charge in [-0.1, -0.05) is 17.7 Å². The minimum absolute atomic E-state index is 0.251. The maximum Gasteiger partial charge on any atom is 0.129 e. The predicted octanol–water partition coefficient (Wildman–Crippen LogP) is 4.94. The average molecular weight is 319 g/mol. The first-order chi connectivity index (χ1) is 8.99. The third-order valence-corrected chi connectivity index (χ3v) is 3.93. The zero-order valence-electron chi connectivity index (χ0n) is 11.8. The molecule has 0 bridgehead atoms.